The quantitative estimate of drug-likeness (QED) is 0.523. The first-order chi connectivity index (χ1) is 10.3. The molecule has 3 nitrogen and oxygen atoms in total. The van der Waals surface area contributed by atoms with Crippen LogP contribution in [0.15, 0.2) is 60.2 Å². The summed E-state index contributed by atoms with van der Waals surface area (Å²) < 4.78 is 1.29. The first-order valence-corrected chi connectivity index (χ1v) is 7.56. The molecule has 4 rings (SSSR count). The Hall–Kier alpha value is -2.59. The van der Waals surface area contributed by atoms with E-state index in [1.165, 1.54) is 10.1 Å². The van der Waals surface area contributed by atoms with Gasteiger partial charge in [-0.25, -0.2) is 0 Å². The van der Waals surface area contributed by atoms with Crippen LogP contribution in [0, 0.1) is 0 Å². The number of hydrogen-bond acceptors (Lipinski definition) is 4. The van der Waals surface area contributed by atoms with E-state index >= 15 is 0 Å². The van der Waals surface area contributed by atoms with Gasteiger partial charge in [-0.3, -0.25) is 4.98 Å². The molecule has 0 aliphatic rings. The highest BCUT2D eigenvalue weighted by Gasteiger charge is 2.05. The van der Waals surface area contributed by atoms with Crippen LogP contribution in [0.5, 0.6) is 0 Å². The molecule has 0 aliphatic carbocycles. The lowest BCUT2D eigenvalue weighted by atomic mass is 10.1. The van der Waals surface area contributed by atoms with Gasteiger partial charge < -0.3 is 11.1 Å². The summed E-state index contributed by atoms with van der Waals surface area (Å²) in [6, 6.07) is 14.4. The van der Waals surface area contributed by atoms with E-state index in [0.717, 1.165) is 27.8 Å². The summed E-state index contributed by atoms with van der Waals surface area (Å²) in [6.07, 6.45) is 3.59. The van der Waals surface area contributed by atoms with E-state index in [9.17, 15) is 0 Å². The van der Waals surface area contributed by atoms with E-state index in [1.54, 1.807) is 17.5 Å². The van der Waals surface area contributed by atoms with Crippen molar-refractivity contribution in [1.82, 2.24) is 4.98 Å². The summed E-state index contributed by atoms with van der Waals surface area (Å²) in [5, 5.41) is 8.82. The second-order valence-electron chi connectivity index (χ2n) is 4.92. The number of pyridine rings is 1. The van der Waals surface area contributed by atoms with Crippen molar-refractivity contribution >= 4 is 49.3 Å². The summed E-state index contributed by atoms with van der Waals surface area (Å²) in [4.78, 5) is 4.12. The van der Waals surface area contributed by atoms with Crippen LogP contribution in [0.1, 0.15) is 0 Å². The summed E-state index contributed by atoms with van der Waals surface area (Å²) in [5.74, 6) is 0. The van der Waals surface area contributed by atoms with Crippen molar-refractivity contribution in [3.63, 3.8) is 0 Å². The zero-order valence-electron chi connectivity index (χ0n) is 11.2. The van der Waals surface area contributed by atoms with Crippen LogP contribution in [-0.2, 0) is 0 Å². The average molecular weight is 291 g/mol. The molecular weight excluding hydrogens is 278 g/mol. The molecule has 0 saturated heterocycles. The van der Waals surface area contributed by atoms with Gasteiger partial charge in [0.2, 0.25) is 0 Å². The van der Waals surface area contributed by atoms with Crippen molar-refractivity contribution < 1.29 is 0 Å². The second-order valence-corrected chi connectivity index (χ2v) is 5.87. The Morgan fingerprint density at radius 3 is 2.90 bits per heavy atom. The summed E-state index contributed by atoms with van der Waals surface area (Å²) in [6.45, 7) is 0. The van der Waals surface area contributed by atoms with Gasteiger partial charge in [-0.05, 0) is 47.2 Å². The predicted octanol–water partition coefficient (Wildman–Crippen LogP) is 4.78. The van der Waals surface area contributed by atoms with E-state index < -0.39 is 0 Å². The minimum Gasteiger partial charge on any atom is -0.397 e. The molecule has 0 saturated carbocycles. The molecule has 2 heterocycles. The number of benzene rings is 2. The molecule has 0 spiro atoms. The van der Waals surface area contributed by atoms with Crippen LogP contribution in [0.25, 0.3) is 20.9 Å². The molecule has 3 N–H and O–H groups in total. The van der Waals surface area contributed by atoms with Crippen molar-refractivity contribution in [1.29, 1.82) is 0 Å². The fourth-order valence-corrected chi connectivity index (χ4v) is 3.27. The zero-order chi connectivity index (χ0) is 14.2. The summed E-state index contributed by atoms with van der Waals surface area (Å²) in [7, 11) is 0. The Morgan fingerprint density at radius 1 is 1.00 bits per heavy atom. The first kappa shape index (κ1) is 12.2. The van der Waals surface area contributed by atoms with Crippen LogP contribution in [0.3, 0.4) is 0 Å². The molecule has 4 aromatic rings. The van der Waals surface area contributed by atoms with Crippen molar-refractivity contribution in [2.75, 3.05) is 11.1 Å². The maximum absolute atomic E-state index is 6.27. The number of nitrogens with one attached hydrogen (secondary N) is 1. The number of rotatable bonds is 2. The highest BCUT2D eigenvalue weighted by Crippen LogP contribution is 2.32. The molecule has 0 aliphatic heterocycles. The highest BCUT2D eigenvalue weighted by molar-refractivity contribution is 7.17. The number of hydrogen-bond donors (Lipinski definition) is 2. The maximum atomic E-state index is 6.27. The number of nitrogens with zero attached hydrogens (tertiary/aromatic N) is 1. The lowest BCUT2D eigenvalue weighted by Crippen LogP contribution is -1.97. The van der Waals surface area contributed by atoms with Gasteiger partial charge in [0, 0.05) is 33.6 Å². The van der Waals surface area contributed by atoms with Crippen molar-refractivity contribution in [3.8, 4) is 0 Å². The van der Waals surface area contributed by atoms with Gasteiger partial charge in [0.15, 0.2) is 0 Å². The maximum Gasteiger partial charge on any atom is 0.0634 e. The highest BCUT2D eigenvalue weighted by atomic mass is 32.1. The third-order valence-electron chi connectivity index (χ3n) is 3.59. The Labute approximate surface area is 126 Å². The van der Waals surface area contributed by atoms with Gasteiger partial charge in [-0.1, -0.05) is 6.07 Å². The van der Waals surface area contributed by atoms with E-state index in [4.69, 9.17) is 5.73 Å². The Balaban J connectivity index is 1.77. The Bertz CT molecular complexity index is 943. The van der Waals surface area contributed by atoms with E-state index in [0.29, 0.717) is 0 Å². The molecule has 0 unspecified atom stereocenters. The molecule has 0 bridgehead atoms. The Kier molecular flexibility index (Phi) is 2.75. The van der Waals surface area contributed by atoms with Gasteiger partial charge in [0.25, 0.3) is 0 Å². The fourth-order valence-electron chi connectivity index (χ4n) is 2.50. The van der Waals surface area contributed by atoms with E-state index in [2.05, 4.69) is 39.9 Å². The zero-order valence-corrected chi connectivity index (χ0v) is 12.0. The number of aromatic nitrogens is 1. The number of nitrogens with two attached hydrogens (primary N) is 1. The molecule has 2 aromatic heterocycles. The molecule has 0 atom stereocenters. The molecular formula is C17H13N3S. The summed E-state index contributed by atoms with van der Waals surface area (Å²) in [5.41, 5.74) is 8.98. The number of thiophene rings is 1. The SMILES string of the molecule is Nc1c(Nc2ccc3sccc3c2)ccc2cnccc12. The van der Waals surface area contributed by atoms with Gasteiger partial charge >= 0.3 is 0 Å². The van der Waals surface area contributed by atoms with E-state index in [-0.39, 0.29) is 0 Å². The van der Waals surface area contributed by atoms with Crippen LogP contribution in [0.4, 0.5) is 17.1 Å². The van der Waals surface area contributed by atoms with Crippen molar-refractivity contribution in [2.45, 2.75) is 0 Å². The van der Waals surface area contributed by atoms with Crippen LogP contribution in [-0.4, -0.2) is 4.98 Å². The normalized spacial score (nSPS) is 11.0. The molecule has 4 heteroatoms. The molecule has 0 radical (unpaired) electrons. The van der Waals surface area contributed by atoms with Crippen LogP contribution in [0.2, 0.25) is 0 Å². The second kappa shape index (κ2) is 4.75. The lowest BCUT2D eigenvalue weighted by molar-refractivity contribution is 1.36. The fraction of sp³-hybridized carbons (Fsp3) is 0. The lowest BCUT2D eigenvalue weighted by Gasteiger charge is -2.11. The average Bonchev–Trinajstić information content (AvgIpc) is 2.98. The van der Waals surface area contributed by atoms with Crippen molar-refractivity contribution in [2.24, 2.45) is 0 Å². The van der Waals surface area contributed by atoms with Gasteiger partial charge in [-0.2, -0.15) is 0 Å². The minimum atomic E-state index is 0.750. The molecule has 102 valence electrons. The minimum absolute atomic E-state index is 0.750. The Morgan fingerprint density at radius 2 is 1.95 bits per heavy atom. The summed E-state index contributed by atoms with van der Waals surface area (Å²) >= 11 is 1.75. The van der Waals surface area contributed by atoms with Crippen LogP contribution < -0.4 is 11.1 Å². The number of fused-ring (bicyclic) bond motifs is 2. The number of nitrogen functional groups attached to an aromatic ring is 1. The molecule has 2 aromatic carbocycles. The third kappa shape index (κ3) is 2.10. The first-order valence-electron chi connectivity index (χ1n) is 6.68. The third-order valence-corrected chi connectivity index (χ3v) is 4.49. The predicted molar refractivity (Wildman–Crippen MR) is 91.3 cm³/mol. The van der Waals surface area contributed by atoms with Gasteiger partial charge in [0.1, 0.15) is 0 Å². The van der Waals surface area contributed by atoms with Gasteiger partial charge in [-0.15, -0.1) is 11.3 Å². The topological polar surface area (TPSA) is 50.9 Å². The standard InChI is InChI=1S/C17H13N3S/c18-17-14-5-7-19-10-12(14)1-3-15(17)20-13-2-4-16-11(9-13)6-8-21-16/h1-10,20H,18H2. The molecule has 0 fully saturated rings. The number of anilines is 3. The molecule has 21 heavy (non-hydrogen) atoms. The van der Waals surface area contributed by atoms with Crippen LogP contribution >= 0.6 is 11.3 Å². The van der Waals surface area contributed by atoms with Gasteiger partial charge in [0.05, 0.1) is 11.4 Å². The largest absolute Gasteiger partial charge is 0.397 e. The van der Waals surface area contributed by atoms with E-state index in [1.807, 2.05) is 24.4 Å². The molecule has 0 amide bonds. The monoisotopic (exact) mass is 291 g/mol. The van der Waals surface area contributed by atoms with Crippen molar-refractivity contribution in [3.05, 3.63) is 60.2 Å². The smallest absolute Gasteiger partial charge is 0.0634 e.